The number of phenolic OH excluding ortho intramolecular Hbond substituents is 1. The van der Waals surface area contributed by atoms with Gasteiger partial charge in [0.05, 0.1) is 11.1 Å². The molecule has 6 aliphatic rings. The fourth-order valence-electron chi connectivity index (χ4n) is 11.0. The van der Waals surface area contributed by atoms with Crippen LogP contribution in [0.1, 0.15) is 135 Å². The zero-order valence-electron chi connectivity index (χ0n) is 30.3. The van der Waals surface area contributed by atoms with Gasteiger partial charge in [-0.2, -0.15) is 0 Å². The van der Waals surface area contributed by atoms with Crippen molar-refractivity contribution in [2.24, 2.45) is 28.1 Å². The molecule has 7 rings (SSSR count). The number of benzene rings is 1. The quantitative estimate of drug-likeness (QED) is 0.212. The molecule has 0 bridgehead atoms. The zero-order valence-corrected chi connectivity index (χ0v) is 30.3. The smallest absolute Gasteiger partial charge is 0.344 e. The van der Waals surface area contributed by atoms with Crippen molar-refractivity contribution < 1.29 is 44.0 Å². The average Bonchev–Trinajstić information content (AvgIpc) is 3.35. The third kappa shape index (κ3) is 3.88. The van der Waals surface area contributed by atoms with Crippen LogP contribution in [0.2, 0.25) is 0 Å². The summed E-state index contributed by atoms with van der Waals surface area (Å²) in [7, 11) is 0. The maximum Gasteiger partial charge on any atom is 0.344 e. The summed E-state index contributed by atoms with van der Waals surface area (Å²) in [6.45, 7) is 18.6. The lowest BCUT2D eigenvalue weighted by atomic mass is 9.47. The van der Waals surface area contributed by atoms with E-state index in [-0.39, 0.29) is 45.1 Å². The Hall–Kier alpha value is -3.88. The number of Topliss-reactive ketones (excluding diaryl/α,β-unsaturated/α-hetero) is 4. The molecule has 2 unspecified atom stereocenters. The normalized spacial score (nSPS) is 33.0. The predicted octanol–water partition coefficient (Wildman–Crippen LogP) is 7.79. The van der Waals surface area contributed by atoms with Gasteiger partial charge in [0, 0.05) is 39.0 Å². The highest BCUT2D eigenvalue weighted by Crippen LogP contribution is 2.68. The highest BCUT2D eigenvalue weighted by molar-refractivity contribution is 6.51. The summed E-state index contributed by atoms with van der Waals surface area (Å²) in [6, 6.07) is 0. The number of fused-ring (bicyclic) bond motifs is 8. The molecule has 1 aromatic carbocycles. The number of ether oxygens (including phenoxy) is 2. The van der Waals surface area contributed by atoms with E-state index in [9.17, 15) is 29.7 Å². The van der Waals surface area contributed by atoms with Crippen molar-refractivity contribution in [1.82, 2.24) is 0 Å². The molecule has 9 nitrogen and oxygen atoms in total. The van der Waals surface area contributed by atoms with Crippen molar-refractivity contribution in [2.45, 2.75) is 125 Å². The number of carbonyl (C=O) groups excluding carboxylic acids is 4. The van der Waals surface area contributed by atoms with Crippen molar-refractivity contribution in [3.8, 4) is 17.2 Å². The van der Waals surface area contributed by atoms with E-state index in [0.29, 0.717) is 36.8 Å². The molecule has 1 spiro atoms. The molecule has 2 saturated carbocycles. The molecule has 49 heavy (non-hydrogen) atoms. The largest absolute Gasteiger partial charge is 0.507 e. The minimum absolute atomic E-state index is 0.0353. The SMILES string of the molecule is CC(C)C1=C(O)C2=C(C(=O)C1=O)[C@@]1(C)CCCC(C)(C)C1C(=O)C21Oc2c(c3c(c(O)c2C(C)C)C(=O)C(O)=C2C(C)(C)CCC[C@@]23C)O1. The van der Waals surface area contributed by atoms with Crippen LogP contribution in [0.3, 0.4) is 0 Å². The number of ketones is 4. The maximum absolute atomic E-state index is 15.5. The van der Waals surface area contributed by atoms with E-state index < -0.39 is 79.9 Å². The van der Waals surface area contributed by atoms with Crippen LogP contribution in [-0.2, 0) is 19.8 Å². The lowest BCUT2D eigenvalue weighted by Crippen LogP contribution is -2.65. The van der Waals surface area contributed by atoms with Gasteiger partial charge in [-0.05, 0) is 53.9 Å². The number of aliphatic hydroxyl groups excluding tert-OH is 2. The molecule has 262 valence electrons. The number of aromatic hydroxyl groups is 1. The summed E-state index contributed by atoms with van der Waals surface area (Å²) in [5.74, 6) is -8.12. The highest BCUT2D eigenvalue weighted by Gasteiger charge is 2.72. The van der Waals surface area contributed by atoms with E-state index >= 15 is 4.79 Å². The number of hydrogen-bond acceptors (Lipinski definition) is 9. The van der Waals surface area contributed by atoms with Crippen LogP contribution in [0.25, 0.3) is 0 Å². The molecule has 9 heteroatoms. The zero-order chi connectivity index (χ0) is 36.1. The molecule has 0 radical (unpaired) electrons. The van der Waals surface area contributed by atoms with Crippen LogP contribution in [-0.4, -0.2) is 44.2 Å². The number of phenols is 1. The van der Waals surface area contributed by atoms with Gasteiger partial charge in [0.1, 0.15) is 11.5 Å². The van der Waals surface area contributed by atoms with E-state index in [1.165, 1.54) is 0 Å². The first kappa shape index (κ1) is 33.6. The van der Waals surface area contributed by atoms with Gasteiger partial charge in [-0.1, -0.05) is 82.1 Å². The van der Waals surface area contributed by atoms with Crippen LogP contribution in [0.5, 0.6) is 17.2 Å². The van der Waals surface area contributed by atoms with Gasteiger partial charge in [-0.25, -0.2) is 0 Å². The second-order valence-corrected chi connectivity index (χ2v) is 17.7. The van der Waals surface area contributed by atoms with Gasteiger partial charge in [0.2, 0.25) is 23.1 Å². The summed E-state index contributed by atoms with van der Waals surface area (Å²) >= 11 is 0. The minimum atomic E-state index is -2.38. The Labute approximate surface area is 287 Å². The van der Waals surface area contributed by atoms with Gasteiger partial charge in [0.25, 0.3) is 0 Å². The van der Waals surface area contributed by atoms with Crippen molar-refractivity contribution >= 4 is 23.1 Å². The van der Waals surface area contributed by atoms with Gasteiger partial charge < -0.3 is 24.8 Å². The Kier molecular flexibility index (Phi) is 6.78. The van der Waals surface area contributed by atoms with Crippen LogP contribution < -0.4 is 9.47 Å². The van der Waals surface area contributed by atoms with Crippen LogP contribution in [0.15, 0.2) is 33.8 Å². The Morgan fingerprint density at radius 1 is 0.694 bits per heavy atom. The number of allylic oxidation sites excluding steroid dienone is 4. The topological polar surface area (TPSA) is 147 Å². The summed E-state index contributed by atoms with van der Waals surface area (Å²) in [6.07, 6.45) is 3.82. The molecular formula is C40H48O9. The summed E-state index contributed by atoms with van der Waals surface area (Å²) in [4.78, 5) is 57.7. The van der Waals surface area contributed by atoms with Crippen molar-refractivity contribution in [2.75, 3.05) is 0 Å². The molecule has 5 aliphatic carbocycles. The number of hydrogen-bond donors (Lipinski definition) is 3. The third-order valence-corrected chi connectivity index (χ3v) is 12.8. The molecule has 1 aliphatic heterocycles. The monoisotopic (exact) mass is 672 g/mol. The van der Waals surface area contributed by atoms with E-state index in [1.54, 1.807) is 13.8 Å². The van der Waals surface area contributed by atoms with E-state index in [2.05, 4.69) is 0 Å². The highest BCUT2D eigenvalue weighted by atomic mass is 16.7. The molecule has 3 N–H and O–H groups in total. The Balaban J connectivity index is 1.61. The summed E-state index contributed by atoms with van der Waals surface area (Å²) < 4.78 is 13.8. The molecule has 1 aromatic rings. The van der Waals surface area contributed by atoms with Gasteiger partial charge in [-0.15, -0.1) is 0 Å². The first-order valence-corrected chi connectivity index (χ1v) is 17.7. The van der Waals surface area contributed by atoms with Crippen LogP contribution in [0, 0.1) is 28.1 Å². The van der Waals surface area contributed by atoms with Crippen molar-refractivity contribution in [3.63, 3.8) is 0 Å². The van der Waals surface area contributed by atoms with Gasteiger partial charge >= 0.3 is 5.79 Å². The van der Waals surface area contributed by atoms with Gasteiger partial charge in [0.15, 0.2) is 17.3 Å². The van der Waals surface area contributed by atoms with E-state index in [0.717, 1.165) is 12.8 Å². The van der Waals surface area contributed by atoms with Crippen LogP contribution in [0.4, 0.5) is 0 Å². The Morgan fingerprint density at radius 3 is 1.92 bits per heavy atom. The lowest BCUT2D eigenvalue weighted by Gasteiger charge is -2.56. The Bertz CT molecular complexity index is 1920. The molecule has 4 atom stereocenters. The fraction of sp³-hybridized carbons (Fsp3) is 0.600. The van der Waals surface area contributed by atoms with Crippen LogP contribution >= 0.6 is 0 Å². The summed E-state index contributed by atoms with van der Waals surface area (Å²) in [5.41, 5.74) is -2.56. The molecular weight excluding hydrogens is 624 g/mol. The maximum atomic E-state index is 15.5. The number of carbonyl (C=O) groups is 4. The predicted molar refractivity (Wildman–Crippen MR) is 181 cm³/mol. The fourth-order valence-corrected chi connectivity index (χ4v) is 11.0. The molecule has 1 heterocycles. The van der Waals surface area contributed by atoms with Crippen molar-refractivity contribution in [3.05, 3.63) is 50.5 Å². The minimum Gasteiger partial charge on any atom is -0.507 e. The standard InChI is InChI=1S/C40H48O9/c1-17(2)19-26(42)24-23(29(45)27(19)43)39(10)16-12-14-37(7,8)34(39)35(47)40(24)48-31-20(18(3)4)25(41)21-22(32(31)49-40)38(9)15-11-13-36(5,6)33(38)30(46)28(21)44/h17-18,34,41-42,46H,11-16H2,1-10H3/t34?,38-,39-,40?/m1/s1. The second-order valence-electron chi connectivity index (χ2n) is 17.7. The Morgan fingerprint density at radius 2 is 1.31 bits per heavy atom. The van der Waals surface area contributed by atoms with E-state index in [4.69, 9.17) is 9.47 Å². The molecule has 0 amide bonds. The third-order valence-electron chi connectivity index (χ3n) is 12.8. The molecule has 0 saturated heterocycles. The lowest BCUT2D eigenvalue weighted by molar-refractivity contribution is -0.170. The number of rotatable bonds is 2. The molecule has 0 aromatic heterocycles. The van der Waals surface area contributed by atoms with Gasteiger partial charge in [-0.3, -0.25) is 19.2 Å². The summed E-state index contributed by atoms with van der Waals surface area (Å²) in [5, 5.41) is 35.6. The van der Waals surface area contributed by atoms with E-state index in [1.807, 2.05) is 55.4 Å². The first-order chi connectivity index (χ1) is 22.6. The number of aliphatic hydroxyl groups is 2. The van der Waals surface area contributed by atoms with Crippen molar-refractivity contribution in [1.29, 1.82) is 0 Å². The molecule has 2 fully saturated rings. The second kappa shape index (κ2) is 9.88. The average molecular weight is 673 g/mol. The first-order valence-electron chi connectivity index (χ1n) is 17.7.